The summed E-state index contributed by atoms with van der Waals surface area (Å²) >= 11 is 0. The van der Waals surface area contributed by atoms with Gasteiger partial charge in [0.15, 0.2) is 0 Å². The Morgan fingerprint density at radius 1 is 1.09 bits per heavy atom. The van der Waals surface area contributed by atoms with Crippen LogP contribution in [0.1, 0.15) is 32.3 Å². The number of rotatable bonds is 9. The van der Waals surface area contributed by atoms with Crippen LogP contribution in [0.25, 0.3) is 0 Å². The van der Waals surface area contributed by atoms with E-state index in [0.717, 1.165) is 38.9 Å². The van der Waals surface area contributed by atoms with E-state index in [1.54, 1.807) is 4.90 Å². The van der Waals surface area contributed by atoms with Crippen molar-refractivity contribution in [2.24, 2.45) is 0 Å². The summed E-state index contributed by atoms with van der Waals surface area (Å²) in [5.41, 5.74) is 1.26. The molecular weight excluding hydrogens is 274 g/mol. The summed E-state index contributed by atoms with van der Waals surface area (Å²) in [5, 5.41) is 2.99. The molecule has 0 atom stereocenters. The Hall–Kier alpha value is -1.55. The molecule has 124 valence electrons. The van der Waals surface area contributed by atoms with Gasteiger partial charge in [-0.05, 0) is 52.3 Å². The van der Waals surface area contributed by atoms with E-state index in [4.69, 9.17) is 0 Å². The maximum atomic E-state index is 12.0. The molecule has 1 N–H and O–H groups in total. The highest BCUT2D eigenvalue weighted by molar-refractivity contribution is 5.73. The zero-order valence-electron chi connectivity index (χ0n) is 14.5. The zero-order valence-corrected chi connectivity index (χ0v) is 14.5. The lowest BCUT2D eigenvalue weighted by atomic mass is 10.1. The highest BCUT2D eigenvalue weighted by Crippen LogP contribution is 2.01. The Balaban J connectivity index is 2.11. The SMILES string of the molecule is CC(C)N(C)CCCCNC(=O)N(C)CCc1ccccc1. The number of carbonyl (C=O) groups excluding carboxylic acids is 1. The Kier molecular flexibility index (Phi) is 8.60. The second-order valence-corrected chi connectivity index (χ2v) is 6.17. The van der Waals surface area contributed by atoms with Crippen LogP contribution in [0.4, 0.5) is 4.79 Å². The van der Waals surface area contributed by atoms with Crippen LogP contribution < -0.4 is 5.32 Å². The first kappa shape index (κ1) is 18.5. The predicted molar refractivity (Wildman–Crippen MR) is 93.2 cm³/mol. The van der Waals surface area contributed by atoms with Gasteiger partial charge in [0.25, 0.3) is 0 Å². The number of hydrogen-bond acceptors (Lipinski definition) is 2. The molecular formula is C18H31N3O. The third kappa shape index (κ3) is 7.46. The molecule has 0 heterocycles. The van der Waals surface area contributed by atoms with Crippen LogP contribution in [-0.2, 0) is 6.42 Å². The van der Waals surface area contributed by atoms with Crippen molar-refractivity contribution in [1.29, 1.82) is 0 Å². The highest BCUT2D eigenvalue weighted by Gasteiger charge is 2.07. The van der Waals surface area contributed by atoms with Gasteiger partial charge in [-0.15, -0.1) is 0 Å². The van der Waals surface area contributed by atoms with Crippen LogP contribution >= 0.6 is 0 Å². The first-order valence-corrected chi connectivity index (χ1v) is 8.24. The maximum Gasteiger partial charge on any atom is 0.317 e. The fraction of sp³-hybridized carbons (Fsp3) is 0.611. The lowest BCUT2D eigenvalue weighted by Crippen LogP contribution is -2.39. The Bertz CT molecular complexity index is 420. The minimum Gasteiger partial charge on any atom is -0.338 e. The predicted octanol–water partition coefficient (Wildman–Crippen LogP) is 2.99. The number of urea groups is 1. The first-order valence-electron chi connectivity index (χ1n) is 8.24. The molecule has 0 bridgehead atoms. The summed E-state index contributed by atoms with van der Waals surface area (Å²) < 4.78 is 0. The lowest BCUT2D eigenvalue weighted by Gasteiger charge is -2.21. The van der Waals surface area contributed by atoms with E-state index in [0.29, 0.717) is 6.04 Å². The fourth-order valence-corrected chi connectivity index (χ4v) is 2.12. The number of nitrogens with zero attached hydrogens (tertiary/aromatic N) is 2. The second kappa shape index (κ2) is 10.2. The maximum absolute atomic E-state index is 12.0. The number of nitrogens with one attached hydrogen (secondary N) is 1. The highest BCUT2D eigenvalue weighted by atomic mass is 16.2. The van der Waals surface area contributed by atoms with Crippen LogP contribution in [0.5, 0.6) is 0 Å². The third-order valence-corrected chi connectivity index (χ3v) is 4.02. The molecule has 0 aliphatic carbocycles. The Morgan fingerprint density at radius 3 is 2.41 bits per heavy atom. The third-order valence-electron chi connectivity index (χ3n) is 4.02. The smallest absolute Gasteiger partial charge is 0.317 e. The van der Waals surface area contributed by atoms with Crippen molar-refractivity contribution in [1.82, 2.24) is 15.1 Å². The van der Waals surface area contributed by atoms with Gasteiger partial charge in [0, 0.05) is 26.2 Å². The molecule has 0 aliphatic rings. The van der Waals surface area contributed by atoms with Crippen molar-refractivity contribution in [3.8, 4) is 0 Å². The van der Waals surface area contributed by atoms with Gasteiger partial charge in [-0.1, -0.05) is 30.3 Å². The van der Waals surface area contributed by atoms with Gasteiger partial charge in [-0.3, -0.25) is 0 Å². The normalized spacial score (nSPS) is 11.0. The van der Waals surface area contributed by atoms with Gasteiger partial charge in [-0.25, -0.2) is 4.79 Å². The van der Waals surface area contributed by atoms with Crippen molar-refractivity contribution >= 4 is 6.03 Å². The van der Waals surface area contributed by atoms with E-state index in [1.807, 2.05) is 25.2 Å². The van der Waals surface area contributed by atoms with E-state index < -0.39 is 0 Å². The number of hydrogen-bond donors (Lipinski definition) is 1. The molecule has 0 spiro atoms. The summed E-state index contributed by atoms with van der Waals surface area (Å²) in [6, 6.07) is 10.9. The molecule has 2 amide bonds. The average Bonchev–Trinajstić information content (AvgIpc) is 2.52. The average molecular weight is 305 g/mol. The molecule has 0 saturated heterocycles. The van der Waals surface area contributed by atoms with Gasteiger partial charge < -0.3 is 15.1 Å². The largest absolute Gasteiger partial charge is 0.338 e. The molecule has 22 heavy (non-hydrogen) atoms. The van der Waals surface area contributed by atoms with Crippen LogP contribution in [0, 0.1) is 0 Å². The van der Waals surface area contributed by atoms with Crippen molar-refractivity contribution < 1.29 is 4.79 Å². The van der Waals surface area contributed by atoms with E-state index >= 15 is 0 Å². The molecule has 0 fully saturated rings. The van der Waals surface area contributed by atoms with Gasteiger partial charge in [0.2, 0.25) is 0 Å². The molecule has 1 aromatic carbocycles. The summed E-state index contributed by atoms with van der Waals surface area (Å²) in [6.45, 7) is 6.97. The number of unbranched alkanes of at least 4 members (excludes halogenated alkanes) is 1. The number of likely N-dealkylation sites (N-methyl/N-ethyl adjacent to an activating group) is 1. The van der Waals surface area contributed by atoms with Crippen LogP contribution in [-0.4, -0.2) is 55.6 Å². The number of carbonyl (C=O) groups is 1. The van der Waals surface area contributed by atoms with E-state index in [2.05, 4.69) is 43.2 Å². The Morgan fingerprint density at radius 2 is 1.77 bits per heavy atom. The molecule has 1 rings (SSSR count). The minimum atomic E-state index is 0.0214. The Labute approximate surface area is 135 Å². The van der Waals surface area contributed by atoms with Crippen molar-refractivity contribution in [3.63, 3.8) is 0 Å². The summed E-state index contributed by atoms with van der Waals surface area (Å²) in [5.74, 6) is 0. The summed E-state index contributed by atoms with van der Waals surface area (Å²) in [7, 11) is 3.99. The molecule has 0 radical (unpaired) electrons. The standard InChI is InChI=1S/C18H31N3O/c1-16(2)20(3)14-9-8-13-19-18(22)21(4)15-12-17-10-6-5-7-11-17/h5-7,10-11,16H,8-9,12-15H2,1-4H3,(H,19,22). The van der Waals surface area contributed by atoms with Crippen LogP contribution in [0.2, 0.25) is 0 Å². The molecule has 0 unspecified atom stereocenters. The molecule has 4 nitrogen and oxygen atoms in total. The quantitative estimate of drug-likeness (QED) is 0.712. The van der Waals surface area contributed by atoms with Crippen LogP contribution in [0.15, 0.2) is 30.3 Å². The van der Waals surface area contributed by atoms with Gasteiger partial charge in [-0.2, -0.15) is 0 Å². The van der Waals surface area contributed by atoms with E-state index in [1.165, 1.54) is 5.56 Å². The lowest BCUT2D eigenvalue weighted by molar-refractivity contribution is 0.208. The van der Waals surface area contributed by atoms with Gasteiger partial charge >= 0.3 is 6.03 Å². The van der Waals surface area contributed by atoms with Gasteiger partial charge in [0.1, 0.15) is 0 Å². The van der Waals surface area contributed by atoms with E-state index in [9.17, 15) is 4.79 Å². The molecule has 0 saturated carbocycles. The van der Waals surface area contributed by atoms with Crippen molar-refractivity contribution in [2.75, 3.05) is 33.7 Å². The molecule has 4 heteroatoms. The molecule has 1 aromatic rings. The van der Waals surface area contributed by atoms with Gasteiger partial charge in [0.05, 0.1) is 0 Å². The molecule has 0 aromatic heterocycles. The zero-order chi connectivity index (χ0) is 16.4. The van der Waals surface area contributed by atoms with E-state index in [-0.39, 0.29) is 6.03 Å². The number of amides is 2. The van der Waals surface area contributed by atoms with Crippen LogP contribution in [0.3, 0.4) is 0 Å². The first-order chi connectivity index (χ1) is 10.5. The minimum absolute atomic E-state index is 0.0214. The number of benzene rings is 1. The van der Waals surface area contributed by atoms with Crippen molar-refractivity contribution in [2.45, 2.75) is 39.2 Å². The topological polar surface area (TPSA) is 35.6 Å². The summed E-state index contributed by atoms with van der Waals surface area (Å²) in [4.78, 5) is 16.1. The second-order valence-electron chi connectivity index (χ2n) is 6.17. The summed E-state index contributed by atoms with van der Waals surface area (Å²) in [6.07, 6.45) is 3.03. The molecule has 0 aliphatic heterocycles. The monoisotopic (exact) mass is 305 g/mol. The fourth-order valence-electron chi connectivity index (χ4n) is 2.12. The van der Waals surface area contributed by atoms with Crippen molar-refractivity contribution in [3.05, 3.63) is 35.9 Å².